The van der Waals surface area contributed by atoms with Crippen LogP contribution in [-0.2, 0) is 4.79 Å². The van der Waals surface area contributed by atoms with E-state index in [9.17, 15) is 9.59 Å². The molecule has 3 aliphatic rings. The highest BCUT2D eigenvalue weighted by molar-refractivity contribution is 6.29. The molecule has 0 bridgehead atoms. The van der Waals surface area contributed by atoms with Crippen molar-refractivity contribution in [1.29, 1.82) is 0 Å². The fourth-order valence-corrected chi connectivity index (χ4v) is 5.44. The molecule has 1 aromatic heterocycles. The number of halogens is 1. The van der Waals surface area contributed by atoms with E-state index < -0.39 is 0 Å². The van der Waals surface area contributed by atoms with Gasteiger partial charge in [-0.3, -0.25) is 19.4 Å². The van der Waals surface area contributed by atoms with Crippen molar-refractivity contribution in [2.45, 2.75) is 44.6 Å². The van der Waals surface area contributed by atoms with E-state index in [-0.39, 0.29) is 17.0 Å². The summed E-state index contributed by atoms with van der Waals surface area (Å²) in [5.41, 5.74) is 0.475. The van der Waals surface area contributed by atoms with Crippen LogP contribution in [0.15, 0.2) is 12.1 Å². The Morgan fingerprint density at radius 1 is 0.939 bits per heavy atom. The summed E-state index contributed by atoms with van der Waals surface area (Å²) in [5.74, 6) is 0.452. The van der Waals surface area contributed by atoms with Crippen molar-refractivity contribution in [3.8, 4) is 5.88 Å². The van der Waals surface area contributed by atoms with E-state index in [1.807, 2.05) is 4.90 Å². The third-order valence-corrected chi connectivity index (χ3v) is 7.45. The highest BCUT2D eigenvalue weighted by Crippen LogP contribution is 2.23. The van der Waals surface area contributed by atoms with Crippen molar-refractivity contribution in [2.75, 3.05) is 66.0 Å². The minimum Gasteiger partial charge on any atom is -0.481 e. The zero-order valence-electron chi connectivity index (χ0n) is 19.7. The summed E-state index contributed by atoms with van der Waals surface area (Å²) in [4.78, 5) is 38.4. The zero-order chi connectivity index (χ0) is 23.2. The van der Waals surface area contributed by atoms with Crippen LogP contribution in [0.2, 0.25) is 5.15 Å². The molecule has 0 radical (unpaired) electrons. The molecule has 0 aromatic carbocycles. The lowest BCUT2D eigenvalue weighted by Crippen LogP contribution is -2.55. The van der Waals surface area contributed by atoms with Crippen molar-refractivity contribution in [1.82, 2.24) is 24.6 Å². The number of amides is 2. The molecule has 9 heteroatoms. The molecule has 182 valence electrons. The quantitative estimate of drug-likeness (QED) is 0.479. The number of piperazine rings is 2. The number of hydrogen-bond acceptors (Lipinski definition) is 6. The Bertz CT molecular complexity index is 814. The predicted octanol–water partition coefficient (Wildman–Crippen LogP) is 2.37. The maximum absolute atomic E-state index is 12.9. The second-order valence-corrected chi connectivity index (χ2v) is 9.74. The van der Waals surface area contributed by atoms with Crippen molar-refractivity contribution in [3.05, 3.63) is 22.8 Å². The van der Waals surface area contributed by atoms with Gasteiger partial charge in [-0.25, -0.2) is 4.98 Å². The lowest BCUT2D eigenvalue weighted by atomic mass is 10.1. The first-order valence-electron chi connectivity index (χ1n) is 12.3. The summed E-state index contributed by atoms with van der Waals surface area (Å²) in [6.45, 7) is 6.64. The van der Waals surface area contributed by atoms with Crippen molar-refractivity contribution < 1.29 is 14.3 Å². The van der Waals surface area contributed by atoms with E-state index in [2.05, 4.69) is 14.8 Å². The van der Waals surface area contributed by atoms with Crippen LogP contribution in [0.4, 0.5) is 0 Å². The average molecular weight is 478 g/mol. The maximum atomic E-state index is 12.9. The molecular formula is C24H36ClN5O3. The summed E-state index contributed by atoms with van der Waals surface area (Å²) < 4.78 is 5.12. The smallest absolute Gasteiger partial charge is 0.254 e. The molecular weight excluding hydrogens is 442 g/mol. The first-order valence-corrected chi connectivity index (χ1v) is 12.7. The van der Waals surface area contributed by atoms with Crippen LogP contribution in [0.25, 0.3) is 0 Å². The van der Waals surface area contributed by atoms with Gasteiger partial charge in [0, 0.05) is 70.0 Å². The molecule has 4 rings (SSSR count). The van der Waals surface area contributed by atoms with Crippen molar-refractivity contribution in [2.24, 2.45) is 0 Å². The highest BCUT2D eigenvalue weighted by Gasteiger charge is 2.29. The van der Waals surface area contributed by atoms with E-state index in [0.29, 0.717) is 50.2 Å². The summed E-state index contributed by atoms with van der Waals surface area (Å²) >= 11 is 6.01. The molecule has 2 aliphatic heterocycles. The number of nitrogens with zero attached hydrogens (tertiary/aromatic N) is 5. The van der Waals surface area contributed by atoms with Gasteiger partial charge in [-0.2, -0.15) is 0 Å². The first-order chi connectivity index (χ1) is 16.0. The van der Waals surface area contributed by atoms with Gasteiger partial charge in [-0.1, -0.05) is 37.3 Å². The Kier molecular flexibility index (Phi) is 8.44. The van der Waals surface area contributed by atoms with Crippen molar-refractivity contribution >= 4 is 23.4 Å². The van der Waals surface area contributed by atoms with Crippen LogP contribution in [0, 0.1) is 0 Å². The van der Waals surface area contributed by atoms with Crippen LogP contribution in [0.3, 0.4) is 0 Å². The Hall–Kier alpha value is -1.90. The average Bonchev–Trinajstić information content (AvgIpc) is 3.13. The SMILES string of the molecule is COc1cc(C(=O)N2CCN(CC(=O)N3CCN(C4CCCCCC4)CC3)CC2)cc(Cl)n1. The standard InChI is InChI=1S/C24H36ClN5O3/c1-33-22-17-19(16-21(25)26-22)24(32)30-10-8-27(9-11-30)18-23(31)29-14-12-28(13-15-29)20-6-4-2-3-5-7-20/h16-17,20H,2-15,18H2,1H3. The molecule has 2 amide bonds. The van der Waals surface area contributed by atoms with Gasteiger partial charge in [0.25, 0.3) is 5.91 Å². The molecule has 1 saturated carbocycles. The highest BCUT2D eigenvalue weighted by atomic mass is 35.5. The Labute approximate surface area is 201 Å². The van der Waals surface area contributed by atoms with Gasteiger partial charge in [0.1, 0.15) is 5.15 Å². The normalized spacial score (nSPS) is 21.6. The molecule has 0 unspecified atom stereocenters. The van der Waals surface area contributed by atoms with Gasteiger partial charge in [-0.15, -0.1) is 0 Å². The largest absolute Gasteiger partial charge is 0.481 e. The minimum atomic E-state index is -0.0850. The molecule has 0 atom stereocenters. The van der Waals surface area contributed by atoms with Crippen LogP contribution >= 0.6 is 11.6 Å². The van der Waals surface area contributed by atoms with Gasteiger partial charge in [0.05, 0.1) is 13.7 Å². The van der Waals surface area contributed by atoms with Gasteiger partial charge in [-0.05, 0) is 18.9 Å². The lowest BCUT2D eigenvalue weighted by Gasteiger charge is -2.40. The summed E-state index contributed by atoms with van der Waals surface area (Å²) in [5, 5.41) is 0.237. The van der Waals surface area contributed by atoms with E-state index in [1.165, 1.54) is 45.6 Å². The number of hydrogen-bond donors (Lipinski definition) is 0. The molecule has 8 nitrogen and oxygen atoms in total. The molecule has 1 aliphatic carbocycles. The summed E-state index contributed by atoms with van der Waals surface area (Å²) in [6.07, 6.45) is 8.07. The molecule has 1 aromatic rings. The van der Waals surface area contributed by atoms with Gasteiger partial charge in [0.15, 0.2) is 0 Å². The number of ether oxygens (including phenoxy) is 1. The summed E-state index contributed by atoms with van der Waals surface area (Å²) in [6, 6.07) is 3.89. The number of aromatic nitrogens is 1. The Morgan fingerprint density at radius 3 is 2.21 bits per heavy atom. The van der Waals surface area contributed by atoms with E-state index in [1.54, 1.807) is 17.0 Å². The fourth-order valence-electron chi connectivity index (χ4n) is 5.24. The fraction of sp³-hybridized carbons (Fsp3) is 0.708. The second-order valence-electron chi connectivity index (χ2n) is 9.35. The third kappa shape index (κ3) is 6.37. The summed E-state index contributed by atoms with van der Waals surface area (Å²) in [7, 11) is 1.50. The number of pyridine rings is 1. The van der Waals surface area contributed by atoms with E-state index in [0.717, 1.165) is 26.2 Å². The van der Waals surface area contributed by atoms with E-state index >= 15 is 0 Å². The van der Waals surface area contributed by atoms with E-state index in [4.69, 9.17) is 16.3 Å². The van der Waals surface area contributed by atoms with Gasteiger partial charge in [0.2, 0.25) is 11.8 Å². The molecule has 2 saturated heterocycles. The van der Waals surface area contributed by atoms with Crippen LogP contribution in [0.1, 0.15) is 48.9 Å². The zero-order valence-corrected chi connectivity index (χ0v) is 20.4. The maximum Gasteiger partial charge on any atom is 0.254 e. The molecule has 33 heavy (non-hydrogen) atoms. The Morgan fingerprint density at radius 2 is 1.58 bits per heavy atom. The molecule has 3 fully saturated rings. The van der Waals surface area contributed by atoms with Gasteiger partial charge >= 0.3 is 0 Å². The topological polar surface area (TPSA) is 69.2 Å². The minimum absolute atomic E-state index is 0.0850. The van der Waals surface area contributed by atoms with Crippen LogP contribution < -0.4 is 4.74 Å². The number of methoxy groups -OCH3 is 1. The number of carbonyl (C=O) groups excluding carboxylic acids is 2. The molecule has 0 spiro atoms. The number of carbonyl (C=O) groups is 2. The second kappa shape index (κ2) is 11.5. The molecule has 3 heterocycles. The lowest BCUT2D eigenvalue weighted by molar-refractivity contribution is -0.134. The third-order valence-electron chi connectivity index (χ3n) is 7.25. The van der Waals surface area contributed by atoms with Crippen LogP contribution in [0.5, 0.6) is 5.88 Å². The predicted molar refractivity (Wildman–Crippen MR) is 128 cm³/mol. The first kappa shape index (κ1) is 24.2. The molecule has 0 N–H and O–H groups in total. The Balaban J connectivity index is 1.21. The number of rotatable bonds is 5. The van der Waals surface area contributed by atoms with Gasteiger partial charge < -0.3 is 14.5 Å². The monoisotopic (exact) mass is 477 g/mol. The van der Waals surface area contributed by atoms with Crippen molar-refractivity contribution in [3.63, 3.8) is 0 Å². The van der Waals surface area contributed by atoms with Crippen LogP contribution in [-0.4, -0.2) is 108 Å².